The monoisotopic (exact) mass is 200 g/mol. The minimum Gasteiger partial charge on any atom is -0.388 e. The topological polar surface area (TPSA) is 20.2 Å². The molecule has 1 nitrogen and oxygen atoms in total. The van der Waals surface area contributed by atoms with E-state index in [0.29, 0.717) is 11.2 Å². The van der Waals surface area contributed by atoms with Crippen LogP contribution in [0.1, 0.15) is 45.4 Å². The summed E-state index contributed by atoms with van der Waals surface area (Å²) < 4.78 is 0. The summed E-state index contributed by atoms with van der Waals surface area (Å²) in [6, 6.07) is 0. The molecule has 13 heavy (non-hydrogen) atoms. The maximum atomic E-state index is 10.6. The zero-order chi connectivity index (χ0) is 9.31. The van der Waals surface area contributed by atoms with Crippen LogP contribution in [0.4, 0.5) is 0 Å². The first-order chi connectivity index (χ1) is 6.23. The summed E-state index contributed by atoms with van der Waals surface area (Å²) >= 11 is 1.95. The van der Waals surface area contributed by atoms with E-state index in [1.807, 2.05) is 11.8 Å². The third-order valence-electron chi connectivity index (χ3n) is 3.89. The molecule has 0 radical (unpaired) electrons. The van der Waals surface area contributed by atoms with Crippen molar-refractivity contribution >= 4 is 11.8 Å². The fourth-order valence-corrected chi connectivity index (χ4v) is 4.28. The van der Waals surface area contributed by atoms with Gasteiger partial charge >= 0.3 is 0 Å². The first-order valence-electron chi connectivity index (χ1n) is 5.57. The first kappa shape index (κ1) is 9.85. The van der Waals surface area contributed by atoms with Crippen LogP contribution in [-0.4, -0.2) is 21.7 Å². The molecular weight excluding hydrogens is 180 g/mol. The lowest BCUT2D eigenvalue weighted by Crippen LogP contribution is -2.43. The molecule has 0 bridgehead atoms. The molecule has 2 aliphatic rings. The maximum absolute atomic E-state index is 10.6. The van der Waals surface area contributed by atoms with Gasteiger partial charge in [0, 0.05) is 5.25 Å². The van der Waals surface area contributed by atoms with Gasteiger partial charge in [-0.05, 0) is 30.9 Å². The molecule has 2 unspecified atom stereocenters. The van der Waals surface area contributed by atoms with Gasteiger partial charge in [-0.1, -0.05) is 26.2 Å². The van der Waals surface area contributed by atoms with Gasteiger partial charge < -0.3 is 5.11 Å². The van der Waals surface area contributed by atoms with E-state index in [0.717, 1.165) is 12.2 Å². The Kier molecular flexibility index (Phi) is 2.89. The minimum atomic E-state index is -0.314. The Labute approximate surface area is 85.3 Å². The second kappa shape index (κ2) is 3.82. The molecule has 1 aliphatic carbocycles. The van der Waals surface area contributed by atoms with Crippen LogP contribution in [0.15, 0.2) is 0 Å². The highest BCUT2D eigenvalue weighted by molar-refractivity contribution is 8.00. The zero-order valence-corrected chi connectivity index (χ0v) is 9.28. The standard InChI is InChI=1S/C11H20OS/c1-9-11(12,7-8-13-9)10-5-3-2-4-6-10/h9-10,12H,2-8H2,1H3. The molecule has 1 saturated carbocycles. The normalized spacial score (nSPS) is 42.5. The van der Waals surface area contributed by atoms with Crippen molar-refractivity contribution in [3.05, 3.63) is 0 Å². The summed E-state index contributed by atoms with van der Waals surface area (Å²) in [5, 5.41) is 11.0. The van der Waals surface area contributed by atoms with Gasteiger partial charge in [0.2, 0.25) is 0 Å². The molecule has 2 rings (SSSR count). The van der Waals surface area contributed by atoms with Crippen LogP contribution in [-0.2, 0) is 0 Å². The summed E-state index contributed by atoms with van der Waals surface area (Å²) in [6.07, 6.45) is 7.62. The fraction of sp³-hybridized carbons (Fsp3) is 1.00. The Balaban J connectivity index is 2.03. The van der Waals surface area contributed by atoms with Crippen LogP contribution in [0.2, 0.25) is 0 Å². The van der Waals surface area contributed by atoms with Gasteiger partial charge in [-0.25, -0.2) is 0 Å². The SMILES string of the molecule is CC1SCCC1(O)C1CCCCC1. The number of hydrogen-bond acceptors (Lipinski definition) is 2. The summed E-state index contributed by atoms with van der Waals surface area (Å²) in [5.74, 6) is 1.76. The van der Waals surface area contributed by atoms with Crippen LogP contribution < -0.4 is 0 Å². The lowest BCUT2D eigenvalue weighted by Gasteiger charge is -2.38. The van der Waals surface area contributed by atoms with Crippen molar-refractivity contribution in [2.75, 3.05) is 5.75 Å². The Morgan fingerprint density at radius 3 is 2.46 bits per heavy atom. The summed E-state index contributed by atoms with van der Waals surface area (Å²) in [4.78, 5) is 0. The quantitative estimate of drug-likeness (QED) is 0.702. The average molecular weight is 200 g/mol. The number of aliphatic hydroxyl groups is 1. The van der Waals surface area contributed by atoms with Crippen molar-refractivity contribution in [3.63, 3.8) is 0 Å². The third-order valence-corrected chi connectivity index (χ3v) is 5.23. The van der Waals surface area contributed by atoms with Crippen LogP contribution in [0.3, 0.4) is 0 Å². The third kappa shape index (κ3) is 1.75. The molecule has 76 valence electrons. The van der Waals surface area contributed by atoms with Crippen molar-refractivity contribution in [1.82, 2.24) is 0 Å². The van der Waals surface area contributed by atoms with Gasteiger partial charge in [0.15, 0.2) is 0 Å². The van der Waals surface area contributed by atoms with Gasteiger partial charge in [0.25, 0.3) is 0 Å². The minimum absolute atomic E-state index is 0.314. The molecule has 1 N–H and O–H groups in total. The Hall–Kier alpha value is 0.310. The molecule has 1 aliphatic heterocycles. The molecule has 0 spiro atoms. The highest BCUT2D eigenvalue weighted by Crippen LogP contribution is 2.45. The van der Waals surface area contributed by atoms with E-state index in [4.69, 9.17) is 0 Å². The van der Waals surface area contributed by atoms with Gasteiger partial charge in [0.05, 0.1) is 5.60 Å². The predicted octanol–water partition coefficient (Wildman–Crippen LogP) is 2.82. The van der Waals surface area contributed by atoms with Crippen molar-refractivity contribution in [2.45, 2.75) is 56.3 Å². The zero-order valence-electron chi connectivity index (χ0n) is 8.46. The predicted molar refractivity (Wildman–Crippen MR) is 58.1 cm³/mol. The number of thioether (sulfide) groups is 1. The van der Waals surface area contributed by atoms with E-state index < -0.39 is 0 Å². The molecule has 2 heteroatoms. The van der Waals surface area contributed by atoms with Crippen molar-refractivity contribution in [1.29, 1.82) is 0 Å². The molecule has 0 aromatic carbocycles. The highest BCUT2D eigenvalue weighted by atomic mass is 32.2. The van der Waals surface area contributed by atoms with Crippen LogP contribution >= 0.6 is 11.8 Å². The van der Waals surface area contributed by atoms with E-state index in [1.54, 1.807) is 0 Å². The van der Waals surface area contributed by atoms with E-state index >= 15 is 0 Å². The number of rotatable bonds is 1. The highest BCUT2D eigenvalue weighted by Gasteiger charge is 2.45. The van der Waals surface area contributed by atoms with Crippen LogP contribution in [0.5, 0.6) is 0 Å². The van der Waals surface area contributed by atoms with Gasteiger partial charge in [-0.3, -0.25) is 0 Å². The smallest absolute Gasteiger partial charge is 0.0798 e. The molecule has 2 atom stereocenters. The first-order valence-corrected chi connectivity index (χ1v) is 6.62. The second-order valence-electron chi connectivity index (χ2n) is 4.59. The van der Waals surface area contributed by atoms with Crippen LogP contribution in [0.25, 0.3) is 0 Å². The van der Waals surface area contributed by atoms with Gasteiger partial charge in [0.1, 0.15) is 0 Å². The van der Waals surface area contributed by atoms with Crippen molar-refractivity contribution < 1.29 is 5.11 Å². The molecule has 0 amide bonds. The molecule has 1 saturated heterocycles. The lowest BCUT2D eigenvalue weighted by molar-refractivity contribution is -0.0277. The lowest BCUT2D eigenvalue weighted by atomic mass is 9.74. The largest absolute Gasteiger partial charge is 0.388 e. The van der Waals surface area contributed by atoms with Gasteiger partial charge in [-0.2, -0.15) is 11.8 Å². The van der Waals surface area contributed by atoms with Crippen molar-refractivity contribution in [3.8, 4) is 0 Å². The average Bonchev–Trinajstić information content (AvgIpc) is 2.50. The summed E-state index contributed by atoms with van der Waals surface area (Å²) in [5.41, 5.74) is -0.314. The second-order valence-corrected chi connectivity index (χ2v) is 6.04. The van der Waals surface area contributed by atoms with E-state index in [1.165, 1.54) is 32.1 Å². The summed E-state index contributed by atoms with van der Waals surface area (Å²) in [6.45, 7) is 2.20. The molecule has 0 aromatic heterocycles. The van der Waals surface area contributed by atoms with Gasteiger partial charge in [-0.15, -0.1) is 0 Å². The maximum Gasteiger partial charge on any atom is 0.0798 e. The van der Waals surface area contributed by atoms with Crippen molar-refractivity contribution in [2.24, 2.45) is 5.92 Å². The van der Waals surface area contributed by atoms with E-state index in [2.05, 4.69) is 6.92 Å². The summed E-state index contributed by atoms with van der Waals surface area (Å²) in [7, 11) is 0. The Morgan fingerprint density at radius 2 is 1.92 bits per heavy atom. The molecule has 2 fully saturated rings. The fourth-order valence-electron chi connectivity index (χ4n) is 2.89. The van der Waals surface area contributed by atoms with Crippen LogP contribution in [0, 0.1) is 5.92 Å². The van der Waals surface area contributed by atoms with E-state index in [9.17, 15) is 5.11 Å². The molecule has 1 heterocycles. The Morgan fingerprint density at radius 1 is 1.23 bits per heavy atom. The molecule has 0 aromatic rings. The Bertz CT molecular complexity index is 177. The van der Waals surface area contributed by atoms with E-state index in [-0.39, 0.29) is 5.60 Å². The number of hydrogen-bond donors (Lipinski definition) is 1. The molecular formula is C11H20OS.